The molecule has 0 atom stereocenters. The van der Waals surface area contributed by atoms with Crippen molar-refractivity contribution in [1.29, 1.82) is 0 Å². The minimum Gasteiger partial charge on any atom is -0.303 e. The van der Waals surface area contributed by atoms with Crippen molar-refractivity contribution >= 4 is 17.4 Å². The summed E-state index contributed by atoms with van der Waals surface area (Å²) in [4.78, 5) is 14.4. The predicted molar refractivity (Wildman–Crippen MR) is 75.2 cm³/mol. The van der Waals surface area contributed by atoms with E-state index in [1.807, 2.05) is 18.2 Å². The van der Waals surface area contributed by atoms with Gasteiger partial charge < -0.3 is 4.90 Å². The van der Waals surface area contributed by atoms with Crippen molar-refractivity contribution in [2.45, 2.75) is 26.2 Å². The van der Waals surface area contributed by atoms with Gasteiger partial charge in [-0.3, -0.25) is 4.79 Å². The summed E-state index contributed by atoms with van der Waals surface area (Å²) in [6.45, 7) is 5.16. The lowest BCUT2D eigenvalue weighted by Gasteiger charge is -2.19. The van der Waals surface area contributed by atoms with E-state index in [9.17, 15) is 4.79 Å². The highest BCUT2D eigenvalue weighted by Crippen LogP contribution is 2.29. The average Bonchev–Trinajstić information content (AvgIpc) is 3.18. The molecule has 2 nitrogen and oxygen atoms in total. The molecule has 0 heterocycles. The summed E-state index contributed by atoms with van der Waals surface area (Å²) in [5, 5.41) is 0.563. The van der Waals surface area contributed by atoms with Crippen LogP contribution in [0.15, 0.2) is 24.3 Å². The molecule has 0 spiro atoms. The molecule has 18 heavy (non-hydrogen) atoms. The van der Waals surface area contributed by atoms with Gasteiger partial charge in [0.1, 0.15) is 0 Å². The van der Waals surface area contributed by atoms with Crippen LogP contribution < -0.4 is 0 Å². The van der Waals surface area contributed by atoms with E-state index in [1.165, 1.54) is 12.8 Å². The van der Waals surface area contributed by atoms with Crippen LogP contribution in [-0.2, 0) is 0 Å². The molecule has 0 bridgehead atoms. The van der Waals surface area contributed by atoms with Crippen molar-refractivity contribution in [1.82, 2.24) is 4.90 Å². The average molecular weight is 266 g/mol. The van der Waals surface area contributed by atoms with Gasteiger partial charge in [0.2, 0.25) is 0 Å². The molecule has 3 heteroatoms. The molecule has 0 amide bonds. The SMILES string of the molecule is CCN(CCC(=O)c1ccccc1Cl)CC1CC1. The Balaban J connectivity index is 1.85. The van der Waals surface area contributed by atoms with Crippen LogP contribution in [0, 0.1) is 5.92 Å². The normalized spacial score (nSPS) is 15.1. The monoisotopic (exact) mass is 265 g/mol. The quantitative estimate of drug-likeness (QED) is 0.702. The molecule has 0 saturated heterocycles. The maximum absolute atomic E-state index is 12.1. The summed E-state index contributed by atoms with van der Waals surface area (Å²) < 4.78 is 0. The molecule has 1 aromatic rings. The Kier molecular flexibility index (Phi) is 4.79. The fraction of sp³-hybridized carbons (Fsp3) is 0.533. The second-order valence-corrected chi connectivity index (χ2v) is 5.40. The smallest absolute Gasteiger partial charge is 0.165 e. The summed E-state index contributed by atoms with van der Waals surface area (Å²) in [7, 11) is 0. The van der Waals surface area contributed by atoms with Gasteiger partial charge in [-0.25, -0.2) is 0 Å². The van der Waals surface area contributed by atoms with Crippen LogP contribution in [0.25, 0.3) is 0 Å². The highest BCUT2D eigenvalue weighted by Gasteiger charge is 2.23. The summed E-state index contributed by atoms with van der Waals surface area (Å²) in [5.41, 5.74) is 0.654. The molecule has 1 aromatic carbocycles. The summed E-state index contributed by atoms with van der Waals surface area (Å²) in [6.07, 6.45) is 3.27. The maximum atomic E-state index is 12.1. The number of carbonyl (C=O) groups excluding carboxylic acids is 1. The van der Waals surface area contributed by atoms with Crippen LogP contribution in [0.1, 0.15) is 36.5 Å². The first-order chi connectivity index (χ1) is 8.70. The third kappa shape index (κ3) is 3.82. The Morgan fingerprint density at radius 1 is 1.39 bits per heavy atom. The minimum atomic E-state index is 0.148. The molecule has 1 aliphatic carbocycles. The molecule has 1 saturated carbocycles. The number of carbonyl (C=O) groups is 1. The Hall–Kier alpha value is -0.860. The van der Waals surface area contributed by atoms with Crippen molar-refractivity contribution in [3.63, 3.8) is 0 Å². The third-order valence-electron chi connectivity index (χ3n) is 3.49. The molecule has 1 aliphatic rings. The van der Waals surface area contributed by atoms with Crippen molar-refractivity contribution in [2.24, 2.45) is 5.92 Å². The van der Waals surface area contributed by atoms with Crippen LogP contribution in [0.4, 0.5) is 0 Å². The van der Waals surface area contributed by atoms with Gasteiger partial charge in [-0.15, -0.1) is 0 Å². The predicted octanol–water partition coefficient (Wildman–Crippen LogP) is 3.64. The number of rotatable bonds is 7. The fourth-order valence-electron chi connectivity index (χ4n) is 2.13. The molecule has 0 unspecified atom stereocenters. The van der Waals surface area contributed by atoms with Crippen LogP contribution in [0.3, 0.4) is 0 Å². The zero-order valence-corrected chi connectivity index (χ0v) is 11.6. The topological polar surface area (TPSA) is 20.3 Å². The number of Topliss-reactive ketones (excluding diaryl/α,β-unsaturated/α-hetero) is 1. The van der Waals surface area contributed by atoms with Gasteiger partial charge in [0.15, 0.2) is 5.78 Å². The number of hydrogen-bond donors (Lipinski definition) is 0. The minimum absolute atomic E-state index is 0.148. The van der Waals surface area contributed by atoms with Gasteiger partial charge in [0.05, 0.1) is 5.02 Å². The fourth-order valence-corrected chi connectivity index (χ4v) is 2.37. The largest absolute Gasteiger partial charge is 0.303 e. The van der Waals surface area contributed by atoms with Crippen molar-refractivity contribution in [2.75, 3.05) is 19.6 Å². The van der Waals surface area contributed by atoms with E-state index >= 15 is 0 Å². The third-order valence-corrected chi connectivity index (χ3v) is 3.82. The van der Waals surface area contributed by atoms with E-state index in [1.54, 1.807) is 6.07 Å². The zero-order chi connectivity index (χ0) is 13.0. The molecular formula is C15H20ClNO. The molecule has 2 rings (SSSR count). The van der Waals surface area contributed by atoms with E-state index < -0.39 is 0 Å². The van der Waals surface area contributed by atoms with E-state index in [2.05, 4.69) is 11.8 Å². The van der Waals surface area contributed by atoms with Crippen LogP contribution in [-0.4, -0.2) is 30.3 Å². The second-order valence-electron chi connectivity index (χ2n) is 4.99. The molecular weight excluding hydrogens is 246 g/mol. The Morgan fingerprint density at radius 2 is 2.11 bits per heavy atom. The summed E-state index contributed by atoms with van der Waals surface area (Å²) in [5.74, 6) is 1.02. The Labute approximate surface area is 114 Å². The van der Waals surface area contributed by atoms with Gasteiger partial charge in [-0.2, -0.15) is 0 Å². The van der Waals surface area contributed by atoms with Gasteiger partial charge in [-0.1, -0.05) is 30.7 Å². The Morgan fingerprint density at radius 3 is 2.72 bits per heavy atom. The lowest BCUT2D eigenvalue weighted by atomic mass is 10.1. The lowest BCUT2D eigenvalue weighted by Crippen LogP contribution is -2.28. The highest BCUT2D eigenvalue weighted by atomic mass is 35.5. The standard InChI is InChI=1S/C15H20ClNO/c1-2-17(11-12-7-8-12)10-9-15(18)13-5-3-4-6-14(13)16/h3-6,12H,2,7-11H2,1H3. The van der Waals surface area contributed by atoms with Crippen LogP contribution in [0.2, 0.25) is 5.02 Å². The van der Waals surface area contributed by atoms with E-state index in [-0.39, 0.29) is 5.78 Å². The highest BCUT2D eigenvalue weighted by molar-refractivity contribution is 6.33. The summed E-state index contributed by atoms with van der Waals surface area (Å²) >= 11 is 6.03. The van der Waals surface area contributed by atoms with E-state index in [0.717, 1.165) is 25.6 Å². The first kappa shape index (κ1) is 13.6. The number of ketones is 1. The van der Waals surface area contributed by atoms with E-state index in [4.69, 9.17) is 11.6 Å². The van der Waals surface area contributed by atoms with Crippen molar-refractivity contribution < 1.29 is 4.79 Å². The number of benzene rings is 1. The molecule has 0 radical (unpaired) electrons. The second kappa shape index (κ2) is 6.35. The molecule has 0 aromatic heterocycles. The maximum Gasteiger partial charge on any atom is 0.165 e. The number of halogens is 1. The molecule has 98 valence electrons. The van der Waals surface area contributed by atoms with Gasteiger partial charge in [0, 0.05) is 25.1 Å². The lowest BCUT2D eigenvalue weighted by molar-refractivity contribution is 0.0964. The van der Waals surface area contributed by atoms with Gasteiger partial charge in [-0.05, 0) is 37.4 Å². The zero-order valence-electron chi connectivity index (χ0n) is 10.9. The van der Waals surface area contributed by atoms with Crippen molar-refractivity contribution in [3.05, 3.63) is 34.9 Å². The molecule has 0 N–H and O–H groups in total. The van der Waals surface area contributed by atoms with Crippen LogP contribution in [0.5, 0.6) is 0 Å². The molecule has 1 fully saturated rings. The van der Waals surface area contributed by atoms with Crippen molar-refractivity contribution in [3.8, 4) is 0 Å². The van der Waals surface area contributed by atoms with Gasteiger partial charge >= 0.3 is 0 Å². The van der Waals surface area contributed by atoms with Gasteiger partial charge in [0.25, 0.3) is 0 Å². The first-order valence-corrected chi connectivity index (χ1v) is 7.08. The first-order valence-electron chi connectivity index (χ1n) is 6.70. The van der Waals surface area contributed by atoms with E-state index in [0.29, 0.717) is 17.0 Å². The molecule has 0 aliphatic heterocycles. The number of hydrogen-bond acceptors (Lipinski definition) is 2. The van der Waals surface area contributed by atoms with Crippen LogP contribution >= 0.6 is 11.6 Å². The summed E-state index contributed by atoms with van der Waals surface area (Å²) in [6, 6.07) is 7.30. The Bertz CT molecular complexity index is 415. The number of nitrogens with zero attached hydrogens (tertiary/aromatic N) is 1.